The van der Waals surface area contributed by atoms with E-state index in [1.54, 1.807) is 7.11 Å². The number of rotatable bonds is 7. The highest BCUT2D eigenvalue weighted by Crippen LogP contribution is 2.32. The first-order chi connectivity index (χ1) is 12.7. The molecular formula is C20H35N3O3. The van der Waals surface area contributed by atoms with Crippen LogP contribution in [0.3, 0.4) is 0 Å². The molecule has 6 heteroatoms. The van der Waals surface area contributed by atoms with Crippen molar-refractivity contribution in [3.8, 4) is 0 Å². The van der Waals surface area contributed by atoms with Crippen LogP contribution in [0.2, 0.25) is 0 Å². The molecule has 1 saturated heterocycles. The standard InChI is InChI=1S/C20H35N3O3/c1-26-15-10-21-19(24)18(16-6-2-3-7-16)22-11-13-23(14-12-22)20(25)17-8-4-5-9-17/h16-18H,2-15H2,1H3,(H,21,24)/t18-/m0/s1. The Balaban J connectivity index is 1.55. The van der Waals surface area contributed by atoms with E-state index >= 15 is 0 Å². The van der Waals surface area contributed by atoms with Crippen molar-refractivity contribution in [1.29, 1.82) is 0 Å². The van der Waals surface area contributed by atoms with Gasteiger partial charge in [-0.25, -0.2) is 0 Å². The average Bonchev–Trinajstić information content (AvgIpc) is 3.36. The Morgan fingerprint density at radius 1 is 1.00 bits per heavy atom. The van der Waals surface area contributed by atoms with Gasteiger partial charge in [0.15, 0.2) is 0 Å². The van der Waals surface area contributed by atoms with Crippen LogP contribution in [0.25, 0.3) is 0 Å². The maximum atomic E-state index is 12.8. The topological polar surface area (TPSA) is 61.9 Å². The fraction of sp³-hybridized carbons (Fsp3) is 0.900. The summed E-state index contributed by atoms with van der Waals surface area (Å²) in [6.45, 7) is 4.29. The van der Waals surface area contributed by atoms with Crippen LogP contribution in [0.1, 0.15) is 51.4 Å². The number of hydrogen-bond donors (Lipinski definition) is 1. The van der Waals surface area contributed by atoms with E-state index < -0.39 is 0 Å². The van der Waals surface area contributed by atoms with Crippen molar-refractivity contribution in [3.05, 3.63) is 0 Å². The largest absolute Gasteiger partial charge is 0.383 e. The van der Waals surface area contributed by atoms with Crippen LogP contribution in [0, 0.1) is 11.8 Å². The van der Waals surface area contributed by atoms with Crippen molar-refractivity contribution in [1.82, 2.24) is 15.1 Å². The van der Waals surface area contributed by atoms with Crippen molar-refractivity contribution in [3.63, 3.8) is 0 Å². The summed E-state index contributed by atoms with van der Waals surface area (Å²) < 4.78 is 5.06. The minimum absolute atomic E-state index is 0.0434. The molecule has 1 N–H and O–H groups in total. The second kappa shape index (κ2) is 9.70. The number of carbonyl (C=O) groups is 2. The summed E-state index contributed by atoms with van der Waals surface area (Å²) in [5.41, 5.74) is 0. The number of nitrogens with one attached hydrogen (secondary N) is 1. The summed E-state index contributed by atoms with van der Waals surface area (Å²) in [5.74, 6) is 1.20. The predicted molar refractivity (Wildman–Crippen MR) is 101 cm³/mol. The molecule has 0 aromatic carbocycles. The highest BCUT2D eigenvalue weighted by atomic mass is 16.5. The first-order valence-electron chi connectivity index (χ1n) is 10.5. The zero-order chi connectivity index (χ0) is 18.4. The highest BCUT2D eigenvalue weighted by molar-refractivity contribution is 5.82. The molecule has 2 amide bonds. The van der Waals surface area contributed by atoms with E-state index in [1.807, 2.05) is 4.90 Å². The van der Waals surface area contributed by atoms with Gasteiger partial charge in [-0.15, -0.1) is 0 Å². The SMILES string of the molecule is COCCNC(=O)[C@H](C1CCCC1)N1CCN(C(=O)C2CCCC2)CC1. The molecule has 3 rings (SSSR count). The molecule has 3 fully saturated rings. The number of hydrogen-bond acceptors (Lipinski definition) is 4. The molecule has 0 aromatic rings. The lowest BCUT2D eigenvalue weighted by Gasteiger charge is -2.41. The maximum Gasteiger partial charge on any atom is 0.237 e. The Bertz CT molecular complexity index is 465. The zero-order valence-electron chi connectivity index (χ0n) is 16.3. The van der Waals surface area contributed by atoms with Crippen LogP contribution in [0.4, 0.5) is 0 Å². The fourth-order valence-electron chi connectivity index (χ4n) is 4.98. The van der Waals surface area contributed by atoms with Crippen molar-refractivity contribution < 1.29 is 14.3 Å². The Labute approximate surface area is 157 Å². The van der Waals surface area contributed by atoms with E-state index in [2.05, 4.69) is 10.2 Å². The van der Waals surface area contributed by atoms with Gasteiger partial charge >= 0.3 is 0 Å². The molecule has 6 nitrogen and oxygen atoms in total. The quantitative estimate of drug-likeness (QED) is 0.697. The second-order valence-electron chi connectivity index (χ2n) is 8.12. The Kier molecular flexibility index (Phi) is 7.32. The van der Waals surface area contributed by atoms with E-state index in [-0.39, 0.29) is 17.9 Å². The van der Waals surface area contributed by atoms with E-state index in [1.165, 1.54) is 25.7 Å². The van der Waals surface area contributed by atoms with Crippen LogP contribution >= 0.6 is 0 Å². The molecule has 2 saturated carbocycles. The number of nitrogens with zero attached hydrogens (tertiary/aromatic N) is 2. The van der Waals surface area contributed by atoms with Crippen LogP contribution in [-0.4, -0.2) is 74.1 Å². The molecule has 1 atom stereocenters. The molecule has 26 heavy (non-hydrogen) atoms. The smallest absolute Gasteiger partial charge is 0.237 e. The number of methoxy groups -OCH3 is 1. The van der Waals surface area contributed by atoms with E-state index in [9.17, 15) is 9.59 Å². The van der Waals surface area contributed by atoms with Gasteiger partial charge in [-0.2, -0.15) is 0 Å². The summed E-state index contributed by atoms with van der Waals surface area (Å²) in [5, 5.41) is 3.05. The van der Waals surface area contributed by atoms with Crippen molar-refractivity contribution in [2.75, 3.05) is 46.4 Å². The third kappa shape index (κ3) is 4.77. The maximum absolute atomic E-state index is 12.8. The molecule has 0 bridgehead atoms. The molecule has 0 spiro atoms. The first kappa shape index (κ1) is 19.6. The van der Waals surface area contributed by atoms with Crippen LogP contribution in [0.5, 0.6) is 0 Å². The first-order valence-corrected chi connectivity index (χ1v) is 10.5. The minimum Gasteiger partial charge on any atom is -0.383 e. The van der Waals surface area contributed by atoms with E-state index in [0.717, 1.165) is 51.9 Å². The van der Waals surface area contributed by atoms with E-state index in [4.69, 9.17) is 4.74 Å². The minimum atomic E-state index is -0.0434. The predicted octanol–water partition coefficient (Wildman–Crippen LogP) is 1.64. The summed E-state index contributed by atoms with van der Waals surface area (Å²) in [4.78, 5) is 29.9. The number of piperazine rings is 1. The Hall–Kier alpha value is -1.14. The van der Waals surface area contributed by atoms with Crippen LogP contribution in [0.15, 0.2) is 0 Å². The van der Waals surface area contributed by atoms with Gasteiger partial charge in [0.1, 0.15) is 0 Å². The molecular weight excluding hydrogens is 330 g/mol. The third-order valence-corrected chi connectivity index (χ3v) is 6.44. The molecule has 0 aromatic heterocycles. The van der Waals surface area contributed by atoms with E-state index in [0.29, 0.717) is 25.0 Å². The van der Waals surface area contributed by atoms with Gasteiger partial charge in [0.25, 0.3) is 0 Å². The number of carbonyl (C=O) groups excluding carboxylic acids is 2. The van der Waals surface area contributed by atoms with Crippen LogP contribution in [-0.2, 0) is 14.3 Å². The normalized spacial score (nSPS) is 24.1. The van der Waals surface area contributed by atoms with Crippen molar-refractivity contribution in [2.45, 2.75) is 57.4 Å². The second-order valence-corrected chi connectivity index (χ2v) is 8.12. The molecule has 148 valence electrons. The van der Waals surface area contributed by atoms with Crippen LogP contribution < -0.4 is 5.32 Å². The van der Waals surface area contributed by atoms with Gasteiger partial charge < -0.3 is 15.0 Å². The summed E-state index contributed by atoms with van der Waals surface area (Å²) in [6.07, 6.45) is 9.26. The summed E-state index contributed by atoms with van der Waals surface area (Å²) >= 11 is 0. The Morgan fingerprint density at radius 3 is 2.23 bits per heavy atom. The van der Waals surface area contributed by atoms with Gasteiger partial charge in [0.05, 0.1) is 12.6 Å². The monoisotopic (exact) mass is 365 g/mol. The van der Waals surface area contributed by atoms with Gasteiger partial charge in [0.2, 0.25) is 11.8 Å². The molecule has 0 radical (unpaired) electrons. The lowest BCUT2D eigenvalue weighted by Crippen LogP contribution is -2.58. The van der Waals surface area contributed by atoms with Gasteiger partial charge in [-0.1, -0.05) is 25.7 Å². The zero-order valence-corrected chi connectivity index (χ0v) is 16.3. The number of amides is 2. The lowest BCUT2D eigenvalue weighted by atomic mass is 9.94. The number of ether oxygens (including phenoxy) is 1. The molecule has 1 heterocycles. The Morgan fingerprint density at radius 2 is 1.62 bits per heavy atom. The summed E-state index contributed by atoms with van der Waals surface area (Å²) in [7, 11) is 1.65. The summed E-state index contributed by atoms with van der Waals surface area (Å²) in [6, 6.07) is -0.0434. The van der Waals surface area contributed by atoms with Gasteiger partial charge in [-0.3, -0.25) is 14.5 Å². The van der Waals surface area contributed by atoms with Gasteiger partial charge in [-0.05, 0) is 31.6 Å². The third-order valence-electron chi connectivity index (χ3n) is 6.44. The molecule has 0 unspecified atom stereocenters. The molecule has 3 aliphatic rings. The average molecular weight is 366 g/mol. The molecule has 1 aliphatic heterocycles. The lowest BCUT2D eigenvalue weighted by molar-refractivity contribution is -0.138. The van der Waals surface area contributed by atoms with Gasteiger partial charge in [0, 0.05) is 45.8 Å². The molecule has 2 aliphatic carbocycles. The van der Waals surface area contributed by atoms with Crippen molar-refractivity contribution in [2.24, 2.45) is 11.8 Å². The fourth-order valence-corrected chi connectivity index (χ4v) is 4.98. The van der Waals surface area contributed by atoms with Crippen molar-refractivity contribution >= 4 is 11.8 Å². The highest BCUT2D eigenvalue weighted by Gasteiger charge is 2.38.